The summed E-state index contributed by atoms with van der Waals surface area (Å²) in [5.74, 6) is 0.965. The summed E-state index contributed by atoms with van der Waals surface area (Å²) in [4.78, 5) is 52.5. The van der Waals surface area contributed by atoms with Gasteiger partial charge in [0.05, 0.1) is 12.1 Å². The number of carbonyl (C=O) groups excluding carboxylic acids is 3. The summed E-state index contributed by atoms with van der Waals surface area (Å²) in [5.41, 5.74) is 1.77. The molecule has 1 atom stereocenters. The second kappa shape index (κ2) is 12.5. The molecule has 3 amide bonds. The largest absolute Gasteiger partial charge is 0.461 e. The summed E-state index contributed by atoms with van der Waals surface area (Å²) >= 11 is 0. The molecule has 222 valence electrons. The van der Waals surface area contributed by atoms with E-state index < -0.39 is 11.9 Å². The minimum Gasteiger partial charge on any atom is -0.461 e. The fourth-order valence-corrected chi connectivity index (χ4v) is 5.57. The van der Waals surface area contributed by atoms with Crippen molar-refractivity contribution in [2.75, 3.05) is 31.5 Å². The number of nitrogens with zero attached hydrogens (tertiary/aromatic N) is 5. The number of carbonyl (C=O) groups is 3. The Balaban J connectivity index is 1.25. The normalized spacial score (nSPS) is 17.7. The van der Waals surface area contributed by atoms with Crippen LogP contribution in [0.5, 0.6) is 0 Å². The fourth-order valence-electron chi connectivity index (χ4n) is 5.57. The van der Waals surface area contributed by atoms with Crippen LogP contribution in [0.4, 0.5) is 5.69 Å². The molecule has 1 aromatic carbocycles. The van der Waals surface area contributed by atoms with Gasteiger partial charge in [0.25, 0.3) is 5.91 Å². The molecule has 2 fully saturated rings. The number of amides is 3. The van der Waals surface area contributed by atoms with E-state index in [1.54, 1.807) is 17.0 Å². The maximum Gasteiger partial charge on any atom is 0.259 e. The molecular formula is C32H35N7O4. The van der Waals surface area contributed by atoms with E-state index in [4.69, 9.17) is 9.41 Å². The predicted octanol–water partition coefficient (Wildman–Crippen LogP) is 4.13. The summed E-state index contributed by atoms with van der Waals surface area (Å²) < 4.78 is 7.55. The quantitative estimate of drug-likeness (QED) is 0.261. The van der Waals surface area contributed by atoms with Crippen LogP contribution in [0.15, 0.2) is 76.5 Å². The SMILES string of the molecule is Cc1cc2cc(NC(=N[C@H]3CCCCN(CC(=O)N4CCCC4)C3=O)NC(=O)c3ccc(-n4cccc4)nc3)ccc2o1. The Hall–Kier alpha value is -4.93. The molecule has 11 heteroatoms. The van der Waals surface area contributed by atoms with Crippen molar-refractivity contribution in [3.8, 4) is 5.82 Å². The van der Waals surface area contributed by atoms with E-state index in [9.17, 15) is 14.4 Å². The van der Waals surface area contributed by atoms with Crippen LogP contribution in [0.2, 0.25) is 0 Å². The number of nitrogens with one attached hydrogen (secondary N) is 2. The van der Waals surface area contributed by atoms with Crippen LogP contribution in [0, 0.1) is 6.92 Å². The highest BCUT2D eigenvalue weighted by Gasteiger charge is 2.30. The van der Waals surface area contributed by atoms with E-state index in [1.807, 2.05) is 65.2 Å². The second-order valence-corrected chi connectivity index (χ2v) is 11.0. The average Bonchev–Trinajstić information content (AvgIpc) is 3.78. The van der Waals surface area contributed by atoms with E-state index >= 15 is 0 Å². The standard InChI is InChI=1S/C32H35N7O4/c1-22-18-24-19-25(10-11-27(24)43-22)34-32(36-30(41)23-9-12-28(33-20-23)37-13-4-5-14-37)35-26-8-2-3-17-39(31(26)42)21-29(40)38-15-6-7-16-38/h4-5,9-14,18-20,26H,2-3,6-8,15-17,21H2,1H3,(H2,34,35,36,41)/t26-/m0/s1. The molecule has 0 saturated carbocycles. The first kappa shape index (κ1) is 28.2. The van der Waals surface area contributed by atoms with Crippen molar-refractivity contribution >= 4 is 40.3 Å². The Bertz CT molecular complexity index is 1640. The van der Waals surface area contributed by atoms with Gasteiger partial charge in [-0.2, -0.15) is 0 Å². The smallest absolute Gasteiger partial charge is 0.259 e. The average molecular weight is 582 g/mol. The van der Waals surface area contributed by atoms with Gasteiger partial charge in [-0.05, 0) is 87.6 Å². The lowest BCUT2D eigenvalue weighted by Gasteiger charge is -2.25. The molecule has 0 radical (unpaired) electrons. The number of pyridine rings is 1. The van der Waals surface area contributed by atoms with Crippen LogP contribution < -0.4 is 10.6 Å². The van der Waals surface area contributed by atoms with E-state index in [2.05, 4.69) is 15.6 Å². The third-order valence-corrected chi connectivity index (χ3v) is 7.84. The minimum atomic E-state index is -0.745. The first-order valence-electron chi connectivity index (χ1n) is 14.8. The molecule has 0 bridgehead atoms. The van der Waals surface area contributed by atoms with Crippen LogP contribution in [0.1, 0.15) is 48.2 Å². The van der Waals surface area contributed by atoms with Crippen LogP contribution in [0.25, 0.3) is 16.8 Å². The third-order valence-electron chi connectivity index (χ3n) is 7.84. The minimum absolute atomic E-state index is 0.0262. The van der Waals surface area contributed by atoms with Gasteiger partial charge in [0, 0.05) is 49.3 Å². The number of rotatable bonds is 6. The number of likely N-dealkylation sites (tertiary alicyclic amines) is 2. The van der Waals surface area contributed by atoms with Crippen molar-refractivity contribution in [1.29, 1.82) is 0 Å². The molecule has 0 spiro atoms. The highest BCUT2D eigenvalue weighted by Crippen LogP contribution is 2.23. The molecule has 2 N–H and O–H groups in total. The van der Waals surface area contributed by atoms with Crippen LogP contribution in [-0.4, -0.2) is 75.3 Å². The maximum atomic E-state index is 13.7. The summed E-state index contributed by atoms with van der Waals surface area (Å²) in [6.07, 6.45) is 9.33. The molecule has 0 aliphatic carbocycles. The van der Waals surface area contributed by atoms with Crippen molar-refractivity contribution in [3.63, 3.8) is 0 Å². The van der Waals surface area contributed by atoms with Crippen molar-refractivity contribution < 1.29 is 18.8 Å². The molecule has 0 unspecified atom stereocenters. The number of furan rings is 1. The number of benzene rings is 1. The van der Waals surface area contributed by atoms with Crippen LogP contribution in [-0.2, 0) is 9.59 Å². The van der Waals surface area contributed by atoms with Gasteiger partial charge < -0.3 is 24.1 Å². The lowest BCUT2D eigenvalue weighted by atomic mass is 10.1. The molecule has 4 aromatic rings. The van der Waals surface area contributed by atoms with Gasteiger partial charge in [0.2, 0.25) is 17.8 Å². The molecule has 5 heterocycles. The summed E-state index contributed by atoms with van der Waals surface area (Å²) in [5, 5.41) is 6.97. The zero-order valence-corrected chi connectivity index (χ0v) is 24.2. The maximum absolute atomic E-state index is 13.7. The van der Waals surface area contributed by atoms with Gasteiger partial charge in [0.1, 0.15) is 23.2 Å². The van der Waals surface area contributed by atoms with Crippen molar-refractivity contribution in [1.82, 2.24) is 24.7 Å². The van der Waals surface area contributed by atoms with E-state index in [-0.39, 0.29) is 24.3 Å². The molecule has 2 aliphatic heterocycles. The Morgan fingerprint density at radius 3 is 2.58 bits per heavy atom. The molecule has 6 rings (SSSR count). The number of aliphatic imine (C=N–C) groups is 1. The van der Waals surface area contributed by atoms with Gasteiger partial charge in [-0.3, -0.25) is 19.7 Å². The van der Waals surface area contributed by atoms with Crippen LogP contribution >= 0.6 is 0 Å². The number of fused-ring (bicyclic) bond motifs is 1. The van der Waals surface area contributed by atoms with E-state index in [1.165, 1.54) is 6.20 Å². The number of hydrogen-bond acceptors (Lipinski definition) is 6. The number of aryl methyl sites for hydroxylation is 1. The first-order valence-corrected chi connectivity index (χ1v) is 14.8. The van der Waals surface area contributed by atoms with Gasteiger partial charge in [-0.1, -0.05) is 0 Å². The summed E-state index contributed by atoms with van der Waals surface area (Å²) in [6, 6.07) is 14.0. The van der Waals surface area contributed by atoms with Gasteiger partial charge >= 0.3 is 0 Å². The molecule has 2 saturated heterocycles. The van der Waals surface area contributed by atoms with Crippen molar-refractivity contribution in [3.05, 3.63) is 78.4 Å². The topological polar surface area (TPSA) is 125 Å². The third kappa shape index (κ3) is 6.61. The Morgan fingerprint density at radius 2 is 1.81 bits per heavy atom. The van der Waals surface area contributed by atoms with E-state index in [0.717, 1.165) is 55.5 Å². The van der Waals surface area contributed by atoms with Gasteiger partial charge in [0.15, 0.2) is 0 Å². The van der Waals surface area contributed by atoms with Crippen molar-refractivity contribution in [2.24, 2.45) is 4.99 Å². The molecular weight excluding hydrogens is 546 g/mol. The second-order valence-electron chi connectivity index (χ2n) is 11.0. The van der Waals surface area contributed by atoms with Gasteiger partial charge in [-0.15, -0.1) is 0 Å². The molecule has 11 nitrogen and oxygen atoms in total. The van der Waals surface area contributed by atoms with Crippen molar-refractivity contribution in [2.45, 2.75) is 45.1 Å². The highest BCUT2D eigenvalue weighted by molar-refractivity contribution is 6.10. The lowest BCUT2D eigenvalue weighted by Crippen LogP contribution is -2.45. The van der Waals surface area contributed by atoms with Gasteiger partial charge in [-0.25, -0.2) is 9.98 Å². The predicted molar refractivity (Wildman–Crippen MR) is 163 cm³/mol. The molecule has 2 aliphatic rings. The monoisotopic (exact) mass is 581 g/mol. The zero-order chi connectivity index (χ0) is 29.8. The Labute approximate surface area is 249 Å². The molecule has 3 aromatic heterocycles. The first-order chi connectivity index (χ1) is 20.9. The lowest BCUT2D eigenvalue weighted by molar-refractivity contribution is -0.140. The van der Waals surface area contributed by atoms with E-state index in [0.29, 0.717) is 30.0 Å². The number of aromatic nitrogens is 2. The number of guanidine groups is 1. The summed E-state index contributed by atoms with van der Waals surface area (Å²) in [6.45, 7) is 3.92. The highest BCUT2D eigenvalue weighted by atomic mass is 16.3. The fraction of sp³-hybridized carbons (Fsp3) is 0.344. The zero-order valence-electron chi connectivity index (χ0n) is 24.2. The number of anilines is 1. The Morgan fingerprint density at radius 1 is 1.02 bits per heavy atom. The summed E-state index contributed by atoms with van der Waals surface area (Å²) in [7, 11) is 0. The Kier molecular flexibility index (Phi) is 8.21. The number of hydrogen-bond donors (Lipinski definition) is 2. The van der Waals surface area contributed by atoms with Crippen LogP contribution in [0.3, 0.4) is 0 Å². The molecule has 43 heavy (non-hydrogen) atoms.